The maximum Gasteiger partial charge on any atom is 0.319 e. The maximum atomic E-state index is 13.9. The SMILES string of the molecule is COc1ccc2c3c1O[C@H]1C(OC(=O)[C@@H](CC(=O)[C@H](C)OC(C)=O)c4ccccc4)=CC[C@@]4(O)[C@@H](C2)N(C)CC[C@]314. The molecule has 2 aromatic rings. The number of aliphatic hydroxyl groups is 1. The van der Waals surface area contributed by atoms with E-state index >= 15 is 0 Å². The highest BCUT2D eigenvalue weighted by molar-refractivity contribution is 5.91. The van der Waals surface area contributed by atoms with Crippen LogP contribution in [0.3, 0.4) is 0 Å². The zero-order valence-corrected chi connectivity index (χ0v) is 23.7. The van der Waals surface area contributed by atoms with Crippen LogP contribution in [0.2, 0.25) is 0 Å². The number of nitrogens with zero attached hydrogens (tertiary/aromatic N) is 1. The number of carbonyl (C=O) groups is 3. The summed E-state index contributed by atoms with van der Waals surface area (Å²) >= 11 is 0. The van der Waals surface area contributed by atoms with Crippen molar-refractivity contribution >= 4 is 17.7 Å². The van der Waals surface area contributed by atoms with Gasteiger partial charge in [-0.15, -0.1) is 0 Å². The van der Waals surface area contributed by atoms with Crippen molar-refractivity contribution in [3.63, 3.8) is 0 Å². The number of carbonyl (C=O) groups excluding carboxylic acids is 3. The first-order chi connectivity index (χ1) is 19.6. The molecule has 1 fully saturated rings. The summed E-state index contributed by atoms with van der Waals surface area (Å²) in [5.41, 5.74) is 0.723. The van der Waals surface area contributed by atoms with Gasteiger partial charge in [0.05, 0.1) is 24.0 Å². The lowest BCUT2D eigenvalue weighted by Crippen LogP contribution is -2.74. The van der Waals surface area contributed by atoms with E-state index < -0.39 is 41.1 Å². The smallest absolute Gasteiger partial charge is 0.319 e. The second-order valence-electron chi connectivity index (χ2n) is 11.6. The van der Waals surface area contributed by atoms with Crippen molar-refractivity contribution in [3.05, 3.63) is 71.0 Å². The lowest BCUT2D eigenvalue weighted by atomic mass is 9.50. The molecule has 2 aliphatic carbocycles. The minimum Gasteiger partial charge on any atom is -0.493 e. The van der Waals surface area contributed by atoms with Crippen molar-refractivity contribution < 1.29 is 38.4 Å². The molecule has 2 bridgehead atoms. The Hall–Kier alpha value is -3.69. The lowest BCUT2D eigenvalue weighted by Gasteiger charge is -2.61. The molecule has 1 N–H and O–H groups in total. The molecule has 2 heterocycles. The van der Waals surface area contributed by atoms with Crippen LogP contribution in [-0.2, 0) is 35.7 Å². The predicted octanol–water partition coefficient (Wildman–Crippen LogP) is 3.21. The molecule has 2 aromatic carbocycles. The summed E-state index contributed by atoms with van der Waals surface area (Å²) in [6.07, 6.45) is 1.42. The van der Waals surface area contributed by atoms with Gasteiger partial charge in [0.25, 0.3) is 0 Å². The van der Waals surface area contributed by atoms with Crippen LogP contribution in [-0.4, -0.2) is 72.3 Å². The molecule has 0 aromatic heterocycles. The fraction of sp³-hybridized carbons (Fsp3) is 0.469. The molecule has 9 heteroatoms. The van der Waals surface area contributed by atoms with E-state index in [-0.39, 0.29) is 18.2 Å². The molecular weight excluding hydrogens is 526 g/mol. The van der Waals surface area contributed by atoms with Gasteiger partial charge >= 0.3 is 11.9 Å². The molecule has 1 saturated heterocycles. The van der Waals surface area contributed by atoms with Gasteiger partial charge in [0.2, 0.25) is 0 Å². The number of methoxy groups -OCH3 is 1. The van der Waals surface area contributed by atoms with E-state index in [1.807, 2.05) is 25.2 Å². The highest BCUT2D eigenvalue weighted by Crippen LogP contribution is 2.65. The van der Waals surface area contributed by atoms with Crippen molar-refractivity contribution in [3.8, 4) is 11.5 Å². The summed E-state index contributed by atoms with van der Waals surface area (Å²) in [5.74, 6) is -1.00. The van der Waals surface area contributed by atoms with Gasteiger partial charge in [0.1, 0.15) is 5.76 Å². The number of piperidine rings is 1. The highest BCUT2D eigenvalue weighted by Gasteiger charge is 2.72. The van der Waals surface area contributed by atoms with Crippen LogP contribution in [0.1, 0.15) is 55.7 Å². The number of hydrogen-bond acceptors (Lipinski definition) is 9. The Morgan fingerprint density at radius 2 is 1.93 bits per heavy atom. The van der Waals surface area contributed by atoms with Crippen molar-refractivity contribution in [2.24, 2.45) is 0 Å². The molecule has 9 nitrogen and oxygen atoms in total. The molecule has 41 heavy (non-hydrogen) atoms. The second-order valence-corrected chi connectivity index (χ2v) is 11.6. The van der Waals surface area contributed by atoms with Crippen molar-refractivity contribution in [1.82, 2.24) is 4.90 Å². The van der Waals surface area contributed by atoms with Gasteiger partial charge in [0.15, 0.2) is 29.5 Å². The molecule has 6 rings (SSSR count). The first-order valence-corrected chi connectivity index (χ1v) is 14.1. The van der Waals surface area contributed by atoms with E-state index in [0.29, 0.717) is 42.1 Å². The minimum absolute atomic E-state index is 0.125. The maximum absolute atomic E-state index is 13.9. The van der Waals surface area contributed by atoms with Crippen LogP contribution < -0.4 is 9.47 Å². The number of likely N-dealkylation sites (tertiary alicyclic amines) is 1. The molecule has 4 aliphatic rings. The summed E-state index contributed by atoms with van der Waals surface area (Å²) in [7, 11) is 3.62. The van der Waals surface area contributed by atoms with E-state index in [1.54, 1.807) is 37.5 Å². The largest absolute Gasteiger partial charge is 0.493 e. The van der Waals surface area contributed by atoms with Crippen molar-refractivity contribution in [2.75, 3.05) is 20.7 Å². The summed E-state index contributed by atoms with van der Waals surface area (Å²) in [6, 6.07) is 12.8. The topological polar surface area (TPSA) is 112 Å². The number of Topliss-reactive ketones (excluding diaryl/α,β-unsaturated/α-hetero) is 1. The Labute approximate surface area is 239 Å². The standard InChI is InChI=1S/C32H35NO8/c1-18(39-19(2)34)23(35)17-22(20-8-6-5-7-9-20)30(36)40-25-12-13-32(37)26-16-21-10-11-24(38-4)28-27(21)31(32,29(25)41-28)14-15-33(26)3/h5-12,18,22,26,29,37H,13-17H2,1-4H3/t18-,22-,26+,29-,31-,32+/m0/s1. The van der Waals surface area contributed by atoms with E-state index in [2.05, 4.69) is 4.90 Å². The molecule has 6 atom stereocenters. The normalized spacial score (nSPS) is 28.9. The summed E-state index contributed by atoms with van der Waals surface area (Å²) < 4.78 is 23.4. The van der Waals surface area contributed by atoms with Gasteiger partial charge in [-0.05, 0) is 56.6 Å². The number of likely N-dealkylation sites (N-methyl/N-ethyl adjacent to an activating group) is 1. The summed E-state index contributed by atoms with van der Waals surface area (Å²) in [6.45, 7) is 3.48. The number of ketones is 1. The number of esters is 2. The molecule has 2 aliphatic heterocycles. The molecule has 0 radical (unpaired) electrons. The van der Waals surface area contributed by atoms with Crippen molar-refractivity contribution in [2.45, 2.75) is 74.7 Å². The molecule has 216 valence electrons. The van der Waals surface area contributed by atoms with Crippen LogP contribution in [0.25, 0.3) is 0 Å². The average Bonchev–Trinajstić information content (AvgIpc) is 3.31. The lowest BCUT2D eigenvalue weighted by molar-refractivity contribution is -0.170. The molecule has 0 amide bonds. The summed E-state index contributed by atoms with van der Waals surface area (Å²) in [5, 5.41) is 12.4. The van der Waals surface area contributed by atoms with E-state index in [9.17, 15) is 19.5 Å². The third-order valence-corrected chi connectivity index (χ3v) is 9.46. The van der Waals surface area contributed by atoms with Gasteiger partial charge in [-0.25, -0.2) is 0 Å². The monoisotopic (exact) mass is 561 g/mol. The van der Waals surface area contributed by atoms with Crippen LogP contribution in [0.5, 0.6) is 11.5 Å². The minimum atomic E-state index is -1.13. The Bertz CT molecular complexity index is 1440. The van der Waals surface area contributed by atoms with Crippen LogP contribution in [0.15, 0.2) is 54.3 Å². The Morgan fingerprint density at radius 1 is 1.17 bits per heavy atom. The Balaban J connectivity index is 1.36. The van der Waals surface area contributed by atoms with Crippen LogP contribution in [0.4, 0.5) is 0 Å². The summed E-state index contributed by atoms with van der Waals surface area (Å²) in [4.78, 5) is 40.5. The number of hydrogen-bond donors (Lipinski definition) is 1. The van der Waals surface area contributed by atoms with Crippen LogP contribution >= 0.6 is 0 Å². The Kier molecular flexibility index (Phi) is 6.70. The zero-order valence-electron chi connectivity index (χ0n) is 23.7. The fourth-order valence-corrected chi connectivity index (χ4v) is 7.48. The number of rotatable bonds is 8. The van der Waals surface area contributed by atoms with Crippen molar-refractivity contribution in [1.29, 1.82) is 0 Å². The first kappa shape index (κ1) is 27.5. The van der Waals surface area contributed by atoms with E-state index in [1.165, 1.54) is 13.8 Å². The average molecular weight is 562 g/mol. The molecule has 0 saturated carbocycles. The van der Waals surface area contributed by atoms with Gasteiger partial charge in [-0.1, -0.05) is 36.4 Å². The van der Waals surface area contributed by atoms with Gasteiger partial charge < -0.3 is 29.0 Å². The Morgan fingerprint density at radius 3 is 2.63 bits per heavy atom. The van der Waals surface area contributed by atoms with Gasteiger partial charge in [-0.3, -0.25) is 14.4 Å². The van der Waals surface area contributed by atoms with Crippen LogP contribution in [0, 0.1) is 0 Å². The fourth-order valence-electron chi connectivity index (χ4n) is 7.48. The third kappa shape index (κ3) is 4.08. The van der Waals surface area contributed by atoms with Gasteiger partial charge in [0, 0.05) is 31.4 Å². The third-order valence-electron chi connectivity index (χ3n) is 9.46. The zero-order chi connectivity index (χ0) is 29.1. The predicted molar refractivity (Wildman–Crippen MR) is 148 cm³/mol. The molecule has 1 spiro atoms. The van der Waals surface area contributed by atoms with E-state index in [4.69, 9.17) is 18.9 Å². The van der Waals surface area contributed by atoms with Gasteiger partial charge in [-0.2, -0.15) is 0 Å². The second kappa shape index (κ2) is 9.99. The molecular formula is C32H35NO8. The first-order valence-electron chi connectivity index (χ1n) is 14.1. The van der Waals surface area contributed by atoms with E-state index in [0.717, 1.165) is 17.7 Å². The molecule has 0 unspecified atom stereocenters. The quantitative estimate of drug-likeness (QED) is 0.486. The number of benzene rings is 2. The number of ether oxygens (including phenoxy) is 4. The highest BCUT2D eigenvalue weighted by atomic mass is 16.6.